The summed E-state index contributed by atoms with van der Waals surface area (Å²) >= 11 is 0. The first kappa shape index (κ1) is 22.6. The van der Waals surface area contributed by atoms with Crippen molar-refractivity contribution in [3.8, 4) is 0 Å². The Kier molecular flexibility index (Phi) is 7.97. The van der Waals surface area contributed by atoms with E-state index in [-0.39, 0.29) is 17.9 Å². The molecule has 0 aliphatic heterocycles. The summed E-state index contributed by atoms with van der Waals surface area (Å²) in [7, 11) is 0. The fourth-order valence-corrected chi connectivity index (χ4v) is 3.07. The zero-order valence-corrected chi connectivity index (χ0v) is 17.9. The third-order valence-electron chi connectivity index (χ3n) is 4.73. The smallest absolute Gasteiger partial charge is 0.414 e. The van der Waals surface area contributed by atoms with Gasteiger partial charge in [-0.25, -0.2) is 4.79 Å². The van der Waals surface area contributed by atoms with Crippen LogP contribution in [0.25, 0.3) is 0 Å². The quantitative estimate of drug-likeness (QED) is 0.703. The van der Waals surface area contributed by atoms with Crippen LogP contribution in [0.2, 0.25) is 0 Å². The minimum atomic E-state index is -0.728. The number of carbonyl (C=O) groups is 2. The van der Waals surface area contributed by atoms with Crippen molar-refractivity contribution >= 4 is 12.0 Å². The lowest BCUT2D eigenvalue weighted by Crippen LogP contribution is -2.51. The number of rotatable bonds is 7. The summed E-state index contributed by atoms with van der Waals surface area (Å²) in [5, 5.41) is 5.88. The molecule has 0 fully saturated rings. The molecule has 2 amide bonds. The Hall–Kier alpha value is -2.66. The van der Waals surface area contributed by atoms with Crippen molar-refractivity contribution in [3.63, 3.8) is 0 Å². The van der Waals surface area contributed by atoms with Crippen molar-refractivity contribution in [1.29, 1.82) is 0 Å². The molecule has 2 N–H and O–H groups in total. The van der Waals surface area contributed by atoms with E-state index < -0.39 is 17.7 Å². The third kappa shape index (κ3) is 7.02. The lowest BCUT2D eigenvalue weighted by atomic mass is 9.93. The van der Waals surface area contributed by atoms with Gasteiger partial charge in [-0.05, 0) is 37.8 Å². The molecule has 156 valence electrons. The van der Waals surface area contributed by atoms with E-state index in [0.29, 0.717) is 0 Å². The Balaban J connectivity index is 2.27. The maximum Gasteiger partial charge on any atom is 0.414 e. The Morgan fingerprint density at radius 2 is 1.41 bits per heavy atom. The van der Waals surface area contributed by atoms with Gasteiger partial charge in [0.05, 0.1) is 12.1 Å². The first-order valence-corrected chi connectivity index (χ1v) is 10.1. The summed E-state index contributed by atoms with van der Waals surface area (Å²) < 4.78 is 5.25. The average Bonchev–Trinajstić information content (AvgIpc) is 2.68. The van der Waals surface area contributed by atoms with Crippen LogP contribution in [0.15, 0.2) is 60.7 Å². The standard InChI is InChI=1S/C24H32N2O3/c1-6-17(2)20(22(27)26-23(28)29-24(3,4)5)25-21(18-13-9-7-10-14-18)19-15-11-8-12-16-19/h7-17,20-21,25H,6H2,1-5H3,(H,26,27,28)/t17-,20-/m0/s1. The number of amides is 2. The van der Waals surface area contributed by atoms with E-state index in [4.69, 9.17) is 4.74 Å². The molecule has 5 heteroatoms. The Morgan fingerprint density at radius 3 is 1.83 bits per heavy atom. The minimum Gasteiger partial charge on any atom is -0.444 e. The van der Waals surface area contributed by atoms with Gasteiger partial charge in [-0.1, -0.05) is 80.9 Å². The first-order valence-electron chi connectivity index (χ1n) is 10.1. The summed E-state index contributed by atoms with van der Waals surface area (Å²) in [4.78, 5) is 25.1. The molecule has 0 spiro atoms. The highest BCUT2D eigenvalue weighted by molar-refractivity contribution is 5.95. The molecule has 5 nitrogen and oxygen atoms in total. The molecule has 29 heavy (non-hydrogen) atoms. The van der Waals surface area contributed by atoms with E-state index in [1.54, 1.807) is 20.8 Å². The van der Waals surface area contributed by atoms with Crippen LogP contribution in [0.3, 0.4) is 0 Å². The highest BCUT2D eigenvalue weighted by Gasteiger charge is 2.30. The predicted molar refractivity (Wildman–Crippen MR) is 115 cm³/mol. The molecular formula is C24H32N2O3. The van der Waals surface area contributed by atoms with E-state index in [1.165, 1.54) is 0 Å². The molecule has 0 saturated heterocycles. The summed E-state index contributed by atoms with van der Waals surface area (Å²) in [6.45, 7) is 9.33. The number of alkyl carbamates (subject to hydrolysis) is 1. The van der Waals surface area contributed by atoms with Gasteiger partial charge in [0.15, 0.2) is 0 Å². The number of hydrogen-bond donors (Lipinski definition) is 2. The van der Waals surface area contributed by atoms with Crippen molar-refractivity contribution in [2.24, 2.45) is 5.92 Å². The number of benzene rings is 2. The maximum absolute atomic E-state index is 13.0. The van der Waals surface area contributed by atoms with E-state index in [0.717, 1.165) is 17.5 Å². The molecule has 0 aliphatic rings. The molecule has 0 saturated carbocycles. The van der Waals surface area contributed by atoms with Crippen LogP contribution in [0.5, 0.6) is 0 Å². The van der Waals surface area contributed by atoms with Crippen molar-refractivity contribution < 1.29 is 14.3 Å². The normalized spacial score (nSPS) is 13.6. The Bertz CT molecular complexity index is 745. The van der Waals surface area contributed by atoms with Gasteiger partial charge in [0.1, 0.15) is 5.60 Å². The maximum atomic E-state index is 13.0. The molecule has 0 bridgehead atoms. The third-order valence-corrected chi connectivity index (χ3v) is 4.73. The van der Waals surface area contributed by atoms with Crippen molar-refractivity contribution in [3.05, 3.63) is 71.8 Å². The Labute approximate surface area is 173 Å². The van der Waals surface area contributed by atoms with E-state index >= 15 is 0 Å². The fraction of sp³-hybridized carbons (Fsp3) is 0.417. The lowest BCUT2D eigenvalue weighted by Gasteiger charge is -2.29. The van der Waals surface area contributed by atoms with Gasteiger partial charge >= 0.3 is 6.09 Å². The van der Waals surface area contributed by atoms with Crippen molar-refractivity contribution in [1.82, 2.24) is 10.6 Å². The topological polar surface area (TPSA) is 67.4 Å². The second-order valence-corrected chi connectivity index (χ2v) is 8.28. The predicted octanol–water partition coefficient (Wildman–Crippen LogP) is 4.83. The molecule has 2 aromatic rings. The van der Waals surface area contributed by atoms with Gasteiger partial charge in [-0.15, -0.1) is 0 Å². The van der Waals surface area contributed by atoms with Gasteiger partial charge in [-0.3, -0.25) is 15.4 Å². The number of hydrogen-bond acceptors (Lipinski definition) is 4. The van der Waals surface area contributed by atoms with Crippen molar-refractivity contribution in [2.45, 2.75) is 58.7 Å². The van der Waals surface area contributed by atoms with Gasteiger partial charge in [0.2, 0.25) is 5.91 Å². The lowest BCUT2D eigenvalue weighted by molar-refractivity contribution is -0.124. The summed E-state index contributed by atoms with van der Waals surface area (Å²) in [6.07, 6.45) is 0.0592. The largest absolute Gasteiger partial charge is 0.444 e. The van der Waals surface area contributed by atoms with Crippen LogP contribution >= 0.6 is 0 Å². The zero-order chi connectivity index (χ0) is 21.4. The Morgan fingerprint density at radius 1 is 0.931 bits per heavy atom. The number of carbonyl (C=O) groups excluding carboxylic acids is 2. The molecule has 0 radical (unpaired) electrons. The van der Waals surface area contributed by atoms with E-state index in [2.05, 4.69) is 10.6 Å². The van der Waals surface area contributed by atoms with Crippen LogP contribution in [0, 0.1) is 5.92 Å². The average molecular weight is 397 g/mol. The minimum absolute atomic E-state index is 0.0207. The number of imide groups is 1. The highest BCUT2D eigenvalue weighted by Crippen LogP contribution is 2.24. The highest BCUT2D eigenvalue weighted by atomic mass is 16.6. The first-order chi connectivity index (χ1) is 13.7. The summed E-state index contributed by atoms with van der Waals surface area (Å²) in [6, 6.07) is 19.2. The van der Waals surface area contributed by atoms with Gasteiger partial charge < -0.3 is 4.74 Å². The molecule has 0 heterocycles. The molecule has 0 unspecified atom stereocenters. The van der Waals surface area contributed by atoms with Crippen molar-refractivity contribution in [2.75, 3.05) is 0 Å². The number of ether oxygens (including phenoxy) is 1. The summed E-state index contributed by atoms with van der Waals surface area (Å²) in [5.41, 5.74) is 1.44. The van der Waals surface area contributed by atoms with Crippen LogP contribution in [0.4, 0.5) is 4.79 Å². The van der Waals surface area contributed by atoms with Crippen LogP contribution in [-0.4, -0.2) is 23.6 Å². The molecule has 0 aromatic heterocycles. The SMILES string of the molecule is CC[C@H](C)[C@H](NC(c1ccccc1)c1ccccc1)C(=O)NC(=O)OC(C)(C)C. The second kappa shape index (κ2) is 10.2. The van der Waals surface area contributed by atoms with E-state index in [9.17, 15) is 9.59 Å². The molecule has 2 rings (SSSR count). The van der Waals surface area contributed by atoms with Gasteiger partial charge in [0, 0.05) is 0 Å². The zero-order valence-electron chi connectivity index (χ0n) is 17.9. The van der Waals surface area contributed by atoms with Crippen LogP contribution in [0.1, 0.15) is 58.2 Å². The van der Waals surface area contributed by atoms with Crippen LogP contribution < -0.4 is 10.6 Å². The summed E-state index contributed by atoms with van der Waals surface area (Å²) in [5.74, 6) is -0.363. The molecule has 0 aliphatic carbocycles. The van der Waals surface area contributed by atoms with E-state index in [1.807, 2.05) is 74.5 Å². The van der Waals surface area contributed by atoms with Gasteiger partial charge in [0.25, 0.3) is 0 Å². The van der Waals surface area contributed by atoms with Crippen LogP contribution in [-0.2, 0) is 9.53 Å². The molecule has 2 aromatic carbocycles. The second-order valence-electron chi connectivity index (χ2n) is 8.28. The molecular weight excluding hydrogens is 364 g/mol. The monoisotopic (exact) mass is 396 g/mol. The molecule has 2 atom stereocenters. The number of nitrogens with one attached hydrogen (secondary N) is 2. The van der Waals surface area contributed by atoms with Gasteiger partial charge in [-0.2, -0.15) is 0 Å². The fourth-order valence-electron chi connectivity index (χ4n) is 3.07.